The maximum atomic E-state index is 12.5. The van der Waals surface area contributed by atoms with Crippen molar-refractivity contribution < 1.29 is 34.0 Å². The predicted molar refractivity (Wildman–Crippen MR) is 88.8 cm³/mol. The predicted octanol–water partition coefficient (Wildman–Crippen LogP) is 2.74. The Balaban J connectivity index is 1.92. The third-order valence-electron chi connectivity index (χ3n) is 3.69. The molecule has 2 aromatic carbocycles. The van der Waals surface area contributed by atoms with Crippen LogP contribution in [0.4, 0.5) is 0 Å². The number of carbonyl (C=O) groups is 1. The highest BCUT2D eigenvalue weighted by molar-refractivity contribution is 6.11. The van der Waals surface area contributed by atoms with Crippen LogP contribution >= 0.6 is 0 Å². The number of allylic oxidation sites excluding steroid dienone is 1. The van der Waals surface area contributed by atoms with Crippen LogP contribution in [0.3, 0.4) is 0 Å². The molecule has 0 unspecified atom stereocenters. The molecule has 25 heavy (non-hydrogen) atoms. The van der Waals surface area contributed by atoms with E-state index in [9.17, 15) is 15.0 Å². The van der Waals surface area contributed by atoms with Gasteiger partial charge in [0.2, 0.25) is 12.5 Å². The molecule has 3 rings (SSSR count). The monoisotopic (exact) mass is 344 g/mol. The zero-order valence-electron chi connectivity index (χ0n) is 13.6. The first-order chi connectivity index (χ1) is 12.0. The van der Waals surface area contributed by atoms with Gasteiger partial charge in [-0.2, -0.15) is 0 Å². The van der Waals surface area contributed by atoms with E-state index in [1.165, 1.54) is 20.3 Å². The Bertz CT molecular complexity index is 855. The van der Waals surface area contributed by atoms with Crippen molar-refractivity contribution in [1.82, 2.24) is 0 Å². The molecule has 0 saturated heterocycles. The minimum atomic E-state index is -0.537. The Kier molecular flexibility index (Phi) is 4.38. The van der Waals surface area contributed by atoms with Gasteiger partial charge in [0.15, 0.2) is 28.8 Å². The highest BCUT2D eigenvalue weighted by Gasteiger charge is 2.23. The number of hydrogen-bond donors (Lipinski definition) is 2. The summed E-state index contributed by atoms with van der Waals surface area (Å²) in [6, 6.07) is 6.39. The van der Waals surface area contributed by atoms with Gasteiger partial charge in [-0.25, -0.2) is 0 Å². The van der Waals surface area contributed by atoms with Crippen LogP contribution in [0.5, 0.6) is 34.5 Å². The molecule has 1 aliphatic heterocycles. The molecular formula is C18H16O7. The van der Waals surface area contributed by atoms with Crippen LogP contribution in [0.1, 0.15) is 15.9 Å². The summed E-state index contributed by atoms with van der Waals surface area (Å²) in [6.45, 7) is 0.164. The van der Waals surface area contributed by atoms with Crippen molar-refractivity contribution in [2.24, 2.45) is 0 Å². The average molecular weight is 344 g/mol. The molecule has 1 heterocycles. The summed E-state index contributed by atoms with van der Waals surface area (Å²) < 4.78 is 20.5. The van der Waals surface area contributed by atoms with Crippen LogP contribution < -0.4 is 18.9 Å². The fraction of sp³-hybridized carbons (Fsp3) is 0.167. The van der Waals surface area contributed by atoms with Crippen molar-refractivity contribution >= 4 is 11.9 Å². The molecule has 7 heteroatoms. The molecular weight excluding hydrogens is 328 g/mol. The number of carbonyl (C=O) groups excluding carboxylic acids is 1. The Morgan fingerprint density at radius 3 is 2.60 bits per heavy atom. The third kappa shape index (κ3) is 3.03. The van der Waals surface area contributed by atoms with E-state index in [0.717, 1.165) is 6.07 Å². The molecule has 0 aromatic heterocycles. The van der Waals surface area contributed by atoms with E-state index < -0.39 is 5.78 Å². The number of benzene rings is 2. The molecule has 0 saturated carbocycles. The zero-order valence-corrected chi connectivity index (χ0v) is 13.6. The van der Waals surface area contributed by atoms with Crippen LogP contribution in [-0.4, -0.2) is 37.0 Å². The highest BCUT2D eigenvalue weighted by Crippen LogP contribution is 2.44. The van der Waals surface area contributed by atoms with Crippen LogP contribution in [-0.2, 0) is 0 Å². The van der Waals surface area contributed by atoms with Crippen LogP contribution in [0.15, 0.2) is 30.3 Å². The maximum Gasteiger partial charge on any atom is 0.231 e. The van der Waals surface area contributed by atoms with Crippen molar-refractivity contribution in [3.63, 3.8) is 0 Å². The first-order valence-corrected chi connectivity index (χ1v) is 7.34. The molecule has 130 valence electrons. The lowest BCUT2D eigenvalue weighted by molar-refractivity contribution is 0.104. The van der Waals surface area contributed by atoms with Crippen molar-refractivity contribution in [1.29, 1.82) is 0 Å². The summed E-state index contributed by atoms with van der Waals surface area (Å²) in [5.74, 6) is -0.165. The molecule has 0 amide bonds. The minimum Gasteiger partial charge on any atom is -0.507 e. The molecule has 0 spiro atoms. The second-order valence-corrected chi connectivity index (χ2v) is 5.17. The lowest BCUT2D eigenvalue weighted by Gasteiger charge is -2.13. The van der Waals surface area contributed by atoms with E-state index in [1.54, 1.807) is 24.3 Å². The van der Waals surface area contributed by atoms with Gasteiger partial charge in [-0.15, -0.1) is 0 Å². The number of fused-ring (bicyclic) bond motifs is 1. The normalized spacial score (nSPS) is 12.4. The van der Waals surface area contributed by atoms with Crippen LogP contribution in [0, 0.1) is 0 Å². The van der Waals surface area contributed by atoms with Crippen molar-refractivity contribution in [2.75, 3.05) is 21.0 Å². The molecule has 2 N–H and O–H groups in total. The standard InChI is InChI=1S/C18H16O7/c1-22-15-8-12(20)16(18(23-2)17(15)21)11(19)5-3-10-4-6-13-14(7-10)25-9-24-13/h3-8,20-21H,9H2,1-2H3. The topological polar surface area (TPSA) is 94.5 Å². The van der Waals surface area contributed by atoms with Crippen LogP contribution in [0.25, 0.3) is 6.08 Å². The summed E-state index contributed by atoms with van der Waals surface area (Å²) in [4.78, 5) is 12.5. The van der Waals surface area contributed by atoms with Gasteiger partial charge < -0.3 is 29.2 Å². The van der Waals surface area contributed by atoms with Crippen molar-refractivity contribution in [2.45, 2.75) is 0 Å². The minimum absolute atomic E-state index is 0.00523. The Morgan fingerprint density at radius 1 is 1.12 bits per heavy atom. The molecule has 0 aliphatic carbocycles. The number of ether oxygens (including phenoxy) is 4. The van der Waals surface area contributed by atoms with Crippen LogP contribution in [0.2, 0.25) is 0 Å². The number of methoxy groups -OCH3 is 2. The van der Waals surface area contributed by atoms with Gasteiger partial charge in [0.25, 0.3) is 0 Å². The first kappa shape index (κ1) is 16.5. The van der Waals surface area contributed by atoms with E-state index in [-0.39, 0.29) is 35.4 Å². The Morgan fingerprint density at radius 2 is 1.88 bits per heavy atom. The van der Waals surface area contributed by atoms with Gasteiger partial charge in [-0.05, 0) is 23.8 Å². The summed E-state index contributed by atoms with van der Waals surface area (Å²) >= 11 is 0. The molecule has 1 aliphatic rings. The summed E-state index contributed by atoms with van der Waals surface area (Å²) in [5.41, 5.74) is 0.562. The highest BCUT2D eigenvalue weighted by atomic mass is 16.7. The van der Waals surface area contributed by atoms with E-state index in [1.807, 2.05) is 0 Å². The summed E-state index contributed by atoms with van der Waals surface area (Å²) in [5, 5.41) is 20.2. The van der Waals surface area contributed by atoms with E-state index >= 15 is 0 Å². The van der Waals surface area contributed by atoms with Gasteiger partial charge in [0.1, 0.15) is 11.3 Å². The molecule has 0 radical (unpaired) electrons. The summed E-state index contributed by atoms with van der Waals surface area (Å²) in [6.07, 6.45) is 2.82. The first-order valence-electron chi connectivity index (χ1n) is 7.34. The third-order valence-corrected chi connectivity index (χ3v) is 3.69. The maximum absolute atomic E-state index is 12.5. The van der Waals surface area contributed by atoms with Gasteiger partial charge in [-0.3, -0.25) is 4.79 Å². The molecule has 7 nitrogen and oxygen atoms in total. The second-order valence-electron chi connectivity index (χ2n) is 5.17. The SMILES string of the molecule is COc1cc(O)c(C(=O)C=Cc2ccc3c(c2)OCO3)c(OC)c1O. The fourth-order valence-corrected chi connectivity index (χ4v) is 2.48. The Labute approximate surface area is 143 Å². The number of rotatable bonds is 5. The zero-order chi connectivity index (χ0) is 18.0. The van der Waals surface area contributed by atoms with Gasteiger partial charge >= 0.3 is 0 Å². The quantitative estimate of drug-likeness (QED) is 0.489. The molecule has 0 bridgehead atoms. The number of phenols is 2. The lowest BCUT2D eigenvalue weighted by Crippen LogP contribution is -2.01. The number of ketones is 1. The average Bonchev–Trinajstić information content (AvgIpc) is 3.08. The molecule has 2 aromatic rings. The van der Waals surface area contributed by atoms with Crippen molar-refractivity contribution in [3.8, 4) is 34.5 Å². The van der Waals surface area contributed by atoms with E-state index in [0.29, 0.717) is 17.1 Å². The number of aromatic hydroxyl groups is 2. The van der Waals surface area contributed by atoms with E-state index in [2.05, 4.69) is 0 Å². The fourth-order valence-electron chi connectivity index (χ4n) is 2.48. The van der Waals surface area contributed by atoms with Crippen molar-refractivity contribution in [3.05, 3.63) is 41.5 Å². The second kappa shape index (κ2) is 6.64. The van der Waals surface area contributed by atoms with Gasteiger partial charge in [-0.1, -0.05) is 12.1 Å². The number of hydrogen-bond acceptors (Lipinski definition) is 7. The summed E-state index contributed by atoms with van der Waals surface area (Å²) in [7, 11) is 2.61. The molecule has 0 fully saturated rings. The van der Waals surface area contributed by atoms with E-state index in [4.69, 9.17) is 18.9 Å². The largest absolute Gasteiger partial charge is 0.507 e. The lowest BCUT2D eigenvalue weighted by atomic mass is 10.0. The number of phenolic OH excluding ortho intramolecular Hbond substituents is 2. The molecule has 0 atom stereocenters. The Hall–Kier alpha value is -3.35. The smallest absolute Gasteiger partial charge is 0.231 e. The van der Waals surface area contributed by atoms with Gasteiger partial charge in [0, 0.05) is 6.07 Å². The van der Waals surface area contributed by atoms with Gasteiger partial charge in [0.05, 0.1) is 14.2 Å².